The number of nitrogens with zero attached hydrogens (tertiary/aromatic N) is 3. The number of rotatable bonds is 7. The van der Waals surface area contributed by atoms with Gasteiger partial charge in [-0.3, -0.25) is 0 Å². The maximum absolute atomic E-state index is 12.0. The minimum absolute atomic E-state index is 0.144. The molecule has 1 aromatic heterocycles. The van der Waals surface area contributed by atoms with Crippen molar-refractivity contribution in [2.24, 2.45) is 0 Å². The summed E-state index contributed by atoms with van der Waals surface area (Å²) in [6.07, 6.45) is -0.440. The molecule has 0 aromatic carbocycles. The van der Waals surface area contributed by atoms with E-state index in [0.717, 1.165) is 42.5 Å². The second-order valence-electron chi connectivity index (χ2n) is 5.45. The van der Waals surface area contributed by atoms with Gasteiger partial charge in [-0.1, -0.05) is 6.08 Å². The topological polar surface area (TPSA) is 38.2 Å². The van der Waals surface area contributed by atoms with Gasteiger partial charge in [0.1, 0.15) is 5.69 Å². The number of hydrogen-bond acceptors (Lipinski definition) is 5. The predicted molar refractivity (Wildman–Crippen MR) is 80.0 cm³/mol. The molecule has 0 atom stereocenters. The van der Waals surface area contributed by atoms with E-state index in [2.05, 4.69) is 19.7 Å². The van der Waals surface area contributed by atoms with E-state index in [1.807, 2.05) is 7.05 Å². The number of alkyl halides is 3. The second-order valence-corrected chi connectivity index (χ2v) is 5.98. The number of likely N-dealkylation sites (N-methyl/N-ethyl adjacent to an activating group) is 1. The Bertz CT molecular complexity index is 502. The van der Waals surface area contributed by atoms with Gasteiger partial charge in [0.25, 0.3) is 5.88 Å². The summed E-state index contributed by atoms with van der Waals surface area (Å²) < 4.78 is 50.1. The molecular weight excluding hydrogens is 315 g/mol. The molecule has 1 aromatic rings. The normalized spacial score (nSPS) is 16.6. The van der Waals surface area contributed by atoms with E-state index in [-0.39, 0.29) is 6.42 Å². The van der Waals surface area contributed by atoms with Crippen molar-refractivity contribution in [2.75, 3.05) is 26.7 Å². The lowest BCUT2D eigenvalue weighted by molar-refractivity contribution is -0.135. The van der Waals surface area contributed by atoms with Crippen LogP contribution in [0.3, 0.4) is 0 Å². The fourth-order valence-electron chi connectivity index (χ4n) is 2.31. The molecule has 0 amide bonds. The monoisotopic (exact) mass is 335 g/mol. The largest absolute Gasteiger partial charge is 0.475 e. The van der Waals surface area contributed by atoms with Crippen LogP contribution in [0.15, 0.2) is 6.08 Å². The Hall–Kier alpha value is -1.15. The molecule has 4 nitrogen and oxygen atoms in total. The van der Waals surface area contributed by atoms with E-state index in [4.69, 9.17) is 4.74 Å². The van der Waals surface area contributed by atoms with Crippen molar-refractivity contribution in [2.45, 2.75) is 38.3 Å². The Morgan fingerprint density at radius 2 is 2.09 bits per heavy atom. The van der Waals surface area contributed by atoms with E-state index in [9.17, 15) is 13.2 Å². The SMILES string of the molecule is CN1CCC=C(c2nsnc2OCCCCCC(F)(F)F)C1. The minimum atomic E-state index is -4.06. The summed E-state index contributed by atoms with van der Waals surface area (Å²) in [5, 5.41) is 0. The highest BCUT2D eigenvalue weighted by Gasteiger charge is 2.25. The zero-order valence-electron chi connectivity index (χ0n) is 12.5. The standard InChI is InChI=1S/C14H20F3N3OS/c1-20-8-5-6-11(10-20)12-13(19-22-18-12)21-9-4-2-3-7-14(15,16)17/h6H,2-5,7-10H2,1H3. The molecule has 0 bridgehead atoms. The van der Waals surface area contributed by atoms with Crippen molar-refractivity contribution < 1.29 is 17.9 Å². The number of hydrogen-bond donors (Lipinski definition) is 0. The van der Waals surface area contributed by atoms with Crippen LogP contribution in [0.4, 0.5) is 13.2 Å². The van der Waals surface area contributed by atoms with Crippen molar-refractivity contribution in [3.05, 3.63) is 11.8 Å². The van der Waals surface area contributed by atoms with Crippen molar-refractivity contribution in [3.63, 3.8) is 0 Å². The molecule has 0 saturated heterocycles. The molecule has 0 N–H and O–H groups in total. The van der Waals surface area contributed by atoms with Crippen molar-refractivity contribution in [1.29, 1.82) is 0 Å². The first-order valence-electron chi connectivity index (χ1n) is 7.36. The zero-order valence-corrected chi connectivity index (χ0v) is 13.3. The minimum Gasteiger partial charge on any atom is -0.475 e. The summed E-state index contributed by atoms with van der Waals surface area (Å²) in [7, 11) is 2.05. The van der Waals surface area contributed by atoms with E-state index in [1.54, 1.807) is 0 Å². The van der Waals surface area contributed by atoms with Gasteiger partial charge in [-0.15, -0.1) is 4.37 Å². The first-order valence-corrected chi connectivity index (χ1v) is 8.09. The molecule has 2 rings (SSSR count). The molecule has 22 heavy (non-hydrogen) atoms. The Morgan fingerprint density at radius 1 is 1.27 bits per heavy atom. The van der Waals surface area contributed by atoms with Gasteiger partial charge in [0.15, 0.2) is 0 Å². The first-order chi connectivity index (χ1) is 10.5. The highest BCUT2D eigenvalue weighted by Crippen LogP contribution is 2.27. The number of halogens is 3. The highest BCUT2D eigenvalue weighted by molar-refractivity contribution is 6.99. The van der Waals surface area contributed by atoms with Gasteiger partial charge in [-0.2, -0.15) is 17.5 Å². The Balaban J connectivity index is 1.75. The van der Waals surface area contributed by atoms with Gasteiger partial charge in [0.05, 0.1) is 18.3 Å². The molecular formula is C14H20F3N3OS. The molecule has 1 aliphatic heterocycles. The molecule has 1 aliphatic rings. The quantitative estimate of drug-likeness (QED) is 0.711. The predicted octanol–water partition coefficient (Wildman–Crippen LogP) is 3.76. The van der Waals surface area contributed by atoms with Gasteiger partial charge in [-0.05, 0) is 38.3 Å². The number of ether oxygens (including phenoxy) is 1. The van der Waals surface area contributed by atoms with E-state index < -0.39 is 12.6 Å². The smallest absolute Gasteiger partial charge is 0.389 e. The lowest BCUT2D eigenvalue weighted by Gasteiger charge is -2.22. The first kappa shape index (κ1) is 17.2. The van der Waals surface area contributed by atoms with Crippen LogP contribution >= 0.6 is 11.7 Å². The Labute approximate surface area is 132 Å². The van der Waals surface area contributed by atoms with Gasteiger partial charge >= 0.3 is 6.18 Å². The van der Waals surface area contributed by atoms with Crippen LogP contribution in [-0.2, 0) is 0 Å². The van der Waals surface area contributed by atoms with Crippen LogP contribution in [0, 0.1) is 0 Å². The van der Waals surface area contributed by atoms with Crippen LogP contribution in [-0.4, -0.2) is 46.6 Å². The van der Waals surface area contributed by atoms with Gasteiger partial charge < -0.3 is 9.64 Å². The molecule has 0 fully saturated rings. The van der Waals surface area contributed by atoms with Crippen molar-refractivity contribution >= 4 is 17.3 Å². The molecule has 0 saturated carbocycles. The van der Waals surface area contributed by atoms with Crippen molar-refractivity contribution in [1.82, 2.24) is 13.6 Å². The average Bonchev–Trinajstić information content (AvgIpc) is 2.90. The third kappa shape index (κ3) is 5.57. The van der Waals surface area contributed by atoms with Crippen LogP contribution in [0.5, 0.6) is 5.88 Å². The molecule has 0 unspecified atom stereocenters. The number of unbranched alkanes of at least 4 members (excludes halogenated alkanes) is 2. The fourth-order valence-corrected chi connectivity index (χ4v) is 2.84. The maximum Gasteiger partial charge on any atom is 0.389 e. The summed E-state index contributed by atoms with van der Waals surface area (Å²) in [5.74, 6) is 0.502. The summed E-state index contributed by atoms with van der Waals surface area (Å²) >= 11 is 1.10. The molecule has 124 valence electrons. The third-order valence-corrected chi connectivity index (χ3v) is 3.96. The molecule has 2 heterocycles. The van der Waals surface area contributed by atoms with Gasteiger partial charge in [0.2, 0.25) is 0 Å². The third-order valence-electron chi connectivity index (χ3n) is 3.45. The summed E-state index contributed by atoms with van der Waals surface area (Å²) in [5.41, 5.74) is 1.88. The van der Waals surface area contributed by atoms with E-state index in [1.165, 1.54) is 0 Å². The highest BCUT2D eigenvalue weighted by atomic mass is 32.1. The maximum atomic E-state index is 12.0. The van der Waals surface area contributed by atoms with Crippen LogP contribution in [0.2, 0.25) is 0 Å². The van der Waals surface area contributed by atoms with Crippen LogP contribution < -0.4 is 4.74 Å². The van der Waals surface area contributed by atoms with E-state index >= 15 is 0 Å². The fraction of sp³-hybridized carbons (Fsp3) is 0.714. The zero-order chi connectivity index (χ0) is 16.0. The number of aromatic nitrogens is 2. The summed E-state index contributed by atoms with van der Waals surface area (Å²) in [6.45, 7) is 2.21. The van der Waals surface area contributed by atoms with Gasteiger partial charge in [-0.25, -0.2) is 0 Å². The lowest BCUT2D eigenvalue weighted by atomic mass is 10.1. The van der Waals surface area contributed by atoms with E-state index in [0.29, 0.717) is 25.3 Å². The van der Waals surface area contributed by atoms with Crippen molar-refractivity contribution in [3.8, 4) is 5.88 Å². The molecule has 0 spiro atoms. The summed E-state index contributed by atoms with van der Waals surface area (Å²) in [4.78, 5) is 2.20. The van der Waals surface area contributed by atoms with Crippen LogP contribution in [0.25, 0.3) is 5.57 Å². The van der Waals surface area contributed by atoms with Crippen LogP contribution in [0.1, 0.15) is 37.8 Å². The Kier molecular flexibility index (Phi) is 6.19. The molecule has 8 heteroatoms. The molecule has 0 aliphatic carbocycles. The summed E-state index contributed by atoms with van der Waals surface area (Å²) in [6, 6.07) is 0. The van der Waals surface area contributed by atoms with Gasteiger partial charge in [0, 0.05) is 19.5 Å². The second kappa shape index (κ2) is 7.92. The lowest BCUT2D eigenvalue weighted by Crippen LogP contribution is -2.25. The molecule has 0 radical (unpaired) electrons. The average molecular weight is 335 g/mol. The Morgan fingerprint density at radius 3 is 2.82 bits per heavy atom.